The van der Waals surface area contributed by atoms with E-state index in [1.54, 1.807) is 6.20 Å². The number of aromatic nitrogens is 5. The van der Waals surface area contributed by atoms with Gasteiger partial charge in [-0.25, -0.2) is 15.0 Å². The first-order chi connectivity index (χ1) is 17.4. The Morgan fingerprint density at radius 1 is 1.03 bits per heavy atom. The minimum atomic E-state index is -0.245. The number of nitrogens with zero attached hydrogens (tertiary/aromatic N) is 6. The molecule has 2 saturated heterocycles. The van der Waals surface area contributed by atoms with E-state index in [4.69, 9.17) is 20.8 Å². The van der Waals surface area contributed by atoms with Gasteiger partial charge in [0.25, 0.3) is 0 Å². The molecule has 1 saturated carbocycles. The standard InChI is InChI=1S/C27H38N8O/c1-4-23-27(31-17-5-8-21(36)9-17)33-24-22(13-29-26(28)25(24)32-23)16-12-30-34(14-16)20-10-18-6-7-19(11-20)35(18)15(2)3/h12-15,17-21,36H,4-11H2,1-3H3,(H2,28,29)(H,31,33)/t17-,18-,19+,20-,21+/m1/s1. The van der Waals surface area contributed by atoms with Crippen LogP contribution in [0.15, 0.2) is 18.6 Å². The van der Waals surface area contributed by atoms with Crippen LogP contribution in [0.3, 0.4) is 0 Å². The van der Waals surface area contributed by atoms with Crippen LogP contribution >= 0.6 is 0 Å². The van der Waals surface area contributed by atoms with Crippen LogP contribution in [0.2, 0.25) is 0 Å². The molecular weight excluding hydrogens is 452 g/mol. The Labute approximate surface area is 212 Å². The predicted octanol–water partition coefficient (Wildman–Crippen LogP) is 3.93. The zero-order valence-corrected chi connectivity index (χ0v) is 21.6. The number of hydrogen-bond acceptors (Lipinski definition) is 8. The summed E-state index contributed by atoms with van der Waals surface area (Å²) < 4.78 is 2.16. The summed E-state index contributed by atoms with van der Waals surface area (Å²) in [5.74, 6) is 1.17. The van der Waals surface area contributed by atoms with E-state index in [-0.39, 0.29) is 12.1 Å². The molecule has 3 aromatic heterocycles. The molecule has 36 heavy (non-hydrogen) atoms. The Kier molecular flexibility index (Phi) is 6.08. The molecule has 9 heteroatoms. The van der Waals surface area contributed by atoms with Gasteiger partial charge in [0.1, 0.15) is 16.9 Å². The fraction of sp³-hybridized carbons (Fsp3) is 0.630. The molecule has 192 valence electrons. The van der Waals surface area contributed by atoms with Crippen LogP contribution in [0.4, 0.5) is 11.6 Å². The average molecular weight is 491 g/mol. The van der Waals surface area contributed by atoms with Gasteiger partial charge in [0.15, 0.2) is 5.82 Å². The third-order valence-electron chi connectivity index (χ3n) is 8.53. The molecule has 5 heterocycles. The number of hydrogen-bond donors (Lipinski definition) is 3. The van der Waals surface area contributed by atoms with Crippen molar-refractivity contribution in [2.75, 3.05) is 11.1 Å². The van der Waals surface area contributed by atoms with Crippen molar-refractivity contribution in [1.82, 2.24) is 29.6 Å². The van der Waals surface area contributed by atoms with E-state index in [0.717, 1.165) is 66.7 Å². The van der Waals surface area contributed by atoms with Crippen LogP contribution in [0.5, 0.6) is 0 Å². The number of nitrogen functional groups attached to an aromatic ring is 1. The molecule has 0 unspecified atom stereocenters. The van der Waals surface area contributed by atoms with E-state index in [0.29, 0.717) is 35.5 Å². The van der Waals surface area contributed by atoms with Gasteiger partial charge in [-0.3, -0.25) is 9.58 Å². The van der Waals surface area contributed by atoms with Crippen molar-refractivity contribution in [2.24, 2.45) is 0 Å². The van der Waals surface area contributed by atoms with Crippen molar-refractivity contribution in [3.8, 4) is 11.1 Å². The van der Waals surface area contributed by atoms with E-state index in [1.807, 2.05) is 6.20 Å². The van der Waals surface area contributed by atoms with Crippen molar-refractivity contribution in [2.45, 2.75) is 108 Å². The summed E-state index contributed by atoms with van der Waals surface area (Å²) in [5.41, 5.74) is 10.4. The summed E-state index contributed by atoms with van der Waals surface area (Å²) in [6, 6.07) is 2.53. The van der Waals surface area contributed by atoms with Crippen molar-refractivity contribution in [3.05, 3.63) is 24.3 Å². The first kappa shape index (κ1) is 23.6. The fourth-order valence-electron chi connectivity index (χ4n) is 6.87. The van der Waals surface area contributed by atoms with Gasteiger partial charge in [-0.05, 0) is 65.2 Å². The summed E-state index contributed by atoms with van der Waals surface area (Å²) in [6.45, 7) is 6.71. The molecule has 2 aliphatic heterocycles. The Morgan fingerprint density at radius 3 is 2.47 bits per heavy atom. The molecule has 3 fully saturated rings. The monoisotopic (exact) mass is 490 g/mol. The highest BCUT2D eigenvalue weighted by Gasteiger charge is 2.42. The second kappa shape index (κ2) is 9.27. The molecule has 0 amide bonds. The Balaban J connectivity index is 1.33. The lowest BCUT2D eigenvalue weighted by molar-refractivity contribution is 0.0731. The van der Waals surface area contributed by atoms with Gasteiger partial charge >= 0.3 is 0 Å². The average Bonchev–Trinajstić information content (AvgIpc) is 3.57. The Hall–Kier alpha value is -2.78. The van der Waals surface area contributed by atoms with Gasteiger partial charge in [-0.1, -0.05) is 6.92 Å². The van der Waals surface area contributed by atoms with Crippen LogP contribution in [-0.4, -0.2) is 65.0 Å². The normalized spacial score (nSPS) is 28.4. The molecule has 4 N–H and O–H groups in total. The molecular formula is C27H38N8O. The van der Waals surface area contributed by atoms with Gasteiger partial charge in [-0.15, -0.1) is 0 Å². The number of aryl methyl sites for hydroxylation is 1. The lowest BCUT2D eigenvalue weighted by Gasteiger charge is -2.41. The van der Waals surface area contributed by atoms with E-state index in [9.17, 15) is 5.11 Å². The van der Waals surface area contributed by atoms with Crippen LogP contribution in [0, 0.1) is 0 Å². The Bertz CT molecular complexity index is 1240. The summed E-state index contributed by atoms with van der Waals surface area (Å²) >= 11 is 0. The fourth-order valence-corrected chi connectivity index (χ4v) is 6.87. The third kappa shape index (κ3) is 4.12. The second-order valence-corrected chi connectivity index (χ2v) is 11.2. The number of piperidine rings is 1. The van der Waals surface area contributed by atoms with Crippen LogP contribution in [-0.2, 0) is 6.42 Å². The van der Waals surface area contributed by atoms with Gasteiger partial charge in [0, 0.05) is 47.7 Å². The molecule has 5 atom stereocenters. The van der Waals surface area contributed by atoms with Crippen LogP contribution in [0.1, 0.15) is 77.5 Å². The molecule has 0 radical (unpaired) electrons. The summed E-state index contributed by atoms with van der Waals surface area (Å²) in [6.07, 6.45) is 13.7. The summed E-state index contributed by atoms with van der Waals surface area (Å²) in [4.78, 5) is 17.1. The van der Waals surface area contributed by atoms with Crippen molar-refractivity contribution >= 4 is 22.7 Å². The van der Waals surface area contributed by atoms with E-state index in [2.05, 4.69) is 46.9 Å². The van der Waals surface area contributed by atoms with Gasteiger partial charge in [0.05, 0.1) is 24.0 Å². The van der Waals surface area contributed by atoms with E-state index in [1.165, 1.54) is 12.8 Å². The topological polar surface area (TPSA) is 118 Å². The maximum atomic E-state index is 9.98. The lowest BCUT2D eigenvalue weighted by Crippen LogP contribution is -2.47. The van der Waals surface area contributed by atoms with Crippen molar-refractivity contribution < 1.29 is 5.11 Å². The lowest BCUT2D eigenvalue weighted by atomic mass is 9.96. The minimum Gasteiger partial charge on any atom is -0.393 e. The predicted molar refractivity (Wildman–Crippen MR) is 142 cm³/mol. The highest BCUT2D eigenvalue weighted by molar-refractivity contribution is 5.96. The van der Waals surface area contributed by atoms with Crippen molar-refractivity contribution in [1.29, 1.82) is 0 Å². The molecule has 9 nitrogen and oxygen atoms in total. The molecule has 1 aliphatic carbocycles. The smallest absolute Gasteiger partial charge is 0.151 e. The zero-order valence-electron chi connectivity index (χ0n) is 21.6. The summed E-state index contributed by atoms with van der Waals surface area (Å²) in [5, 5.41) is 18.3. The third-order valence-corrected chi connectivity index (χ3v) is 8.53. The van der Waals surface area contributed by atoms with Gasteiger partial charge in [-0.2, -0.15) is 5.10 Å². The highest BCUT2D eigenvalue weighted by atomic mass is 16.3. The molecule has 3 aliphatic rings. The number of aliphatic hydroxyl groups is 1. The van der Waals surface area contributed by atoms with Gasteiger partial charge in [0.2, 0.25) is 0 Å². The minimum absolute atomic E-state index is 0.203. The molecule has 3 aromatic rings. The first-order valence-corrected chi connectivity index (χ1v) is 13.6. The molecule has 0 spiro atoms. The zero-order chi connectivity index (χ0) is 25.0. The molecule has 6 rings (SSSR count). The van der Waals surface area contributed by atoms with Crippen LogP contribution in [0.25, 0.3) is 22.2 Å². The number of aliphatic hydroxyl groups excluding tert-OH is 1. The molecule has 0 aromatic carbocycles. The Morgan fingerprint density at radius 2 is 1.81 bits per heavy atom. The number of fused-ring (bicyclic) bond motifs is 3. The van der Waals surface area contributed by atoms with Crippen LogP contribution < -0.4 is 11.1 Å². The largest absolute Gasteiger partial charge is 0.393 e. The first-order valence-electron chi connectivity index (χ1n) is 13.6. The number of anilines is 2. The number of rotatable bonds is 6. The van der Waals surface area contributed by atoms with Gasteiger partial charge < -0.3 is 16.2 Å². The van der Waals surface area contributed by atoms with Crippen molar-refractivity contribution in [3.63, 3.8) is 0 Å². The SMILES string of the molecule is CCc1nc2c(N)ncc(-c3cnn([C@@H]4C[C@H]5CC[C@@H](C4)N5C(C)C)c3)c2nc1N[C@@H]1CC[C@H](O)C1. The van der Waals surface area contributed by atoms with E-state index >= 15 is 0 Å². The maximum absolute atomic E-state index is 9.98. The quantitative estimate of drug-likeness (QED) is 0.476. The van der Waals surface area contributed by atoms with E-state index < -0.39 is 0 Å². The highest BCUT2D eigenvalue weighted by Crippen LogP contribution is 2.42. The summed E-state index contributed by atoms with van der Waals surface area (Å²) in [7, 11) is 0. The second-order valence-electron chi connectivity index (χ2n) is 11.2. The maximum Gasteiger partial charge on any atom is 0.151 e. The number of nitrogens with one attached hydrogen (secondary N) is 1. The number of nitrogens with two attached hydrogens (primary N) is 1. The molecule has 2 bridgehead atoms. The number of pyridine rings is 1.